The summed E-state index contributed by atoms with van der Waals surface area (Å²) >= 11 is 7.30. The number of thiazole rings is 1. The molecule has 0 unspecified atom stereocenters. The van der Waals surface area contributed by atoms with Crippen molar-refractivity contribution in [1.29, 1.82) is 0 Å². The Morgan fingerprint density at radius 3 is 2.59 bits per heavy atom. The van der Waals surface area contributed by atoms with Crippen LogP contribution in [0.2, 0.25) is 5.02 Å². The molecule has 0 radical (unpaired) electrons. The summed E-state index contributed by atoms with van der Waals surface area (Å²) < 4.78 is 41.1. The van der Waals surface area contributed by atoms with Gasteiger partial charge in [0.25, 0.3) is 0 Å². The molecule has 0 aliphatic heterocycles. The van der Waals surface area contributed by atoms with Crippen LogP contribution in [0.5, 0.6) is 5.75 Å². The molecule has 0 bridgehead atoms. The molecule has 9 heteroatoms. The van der Waals surface area contributed by atoms with E-state index < -0.39 is 6.36 Å². The summed E-state index contributed by atoms with van der Waals surface area (Å²) in [5, 5.41) is 6.96. The molecule has 0 fully saturated rings. The van der Waals surface area contributed by atoms with Crippen molar-refractivity contribution in [2.75, 3.05) is 0 Å². The standard InChI is InChI=1S/C18H12ClF3N2O2S/c19-14-7-5-12(6-8-14)17-24-15(11-27-17)10-25-23-9-13-3-1-2-4-16(13)26-18(20,21)22/h1-9,11H,10H2. The van der Waals surface area contributed by atoms with Gasteiger partial charge in [-0.1, -0.05) is 41.0 Å². The molecule has 3 aromatic rings. The molecule has 0 saturated carbocycles. The van der Waals surface area contributed by atoms with E-state index in [0.29, 0.717) is 10.7 Å². The van der Waals surface area contributed by atoms with Gasteiger partial charge in [-0.25, -0.2) is 4.98 Å². The van der Waals surface area contributed by atoms with Crippen molar-refractivity contribution >= 4 is 29.2 Å². The fourth-order valence-corrected chi connectivity index (χ4v) is 3.04. The molecule has 0 aliphatic carbocycles. The first-order valence-corrected chi connectivity index (χ1v) is 8.87. The lowest BCUT2D eigenvalue weighted by Crippen LogP contribution is -2.18. The minimum atomic E-state index is -4.77. The first-order chi connectivity index (χ1) is 12.9. The molecular formula is C18H12ClF3N2O2S. The number of halogens is 4. The number of nitrogens with zero attached hydrogens (tertiary/aromatic N) is 2. The van der Waals surface area contributed by atoms with Gasteiger partial charge in [0.2, 0.25) is 0 Å². The number of para-hydroxylation sites is 1. The molecular weight excluding hydrogens is 401 g/mol. The molecule has 0 spiro atoms. The van der Waals surface area contributed by atoms with Gasteiger partial charge in [-0.05, 0) is 24.3 Å². The second-order valence-electron chi connectivity index (χ2n) is 5.24. The van der Waals surface area contributed by atoms with Crippen molar-refractivity contribution in [3.05, 3.63) is 70.2 Å². The monoisotopic (exact) mass is 412 g/mol. The predicted molar refractivity (Wildman–Crippen MR) is 98.1 cm³/mol. The Kier molecular flexibility index (Phi) is 5.98. The Balaban J connectivity index is 1.60. The second-order valence-corrected chi connectivity index (χ2v) is 6.54. The zero-order valence-electron chi connectivity index (χ0n) is 13.6. The number of hydrogen-bond donors (Lipinski definition) is 0. The van der Waals surface area contributed by atoms with Gasteiger partial charge in [-0.3, -0.25) is 0 Å². The smallest absolute Gasteiger partial charge is 0.405 e. The van der Waals surface area contributed by atoms with Gasteiger partial charge in [0.1, 0.15) is 10.8 Å². The van der Waals surface area contributed by atoms with Crippen molar-refractivity contribution in [1.82, 2.24) is 4.98 Å². The highest BCUT2D eigenvalue weighted by Gasteiger charge is 2.31. The van der Waals surface area contributed by atoms with E-state index >= 15 is 0 Å². The van der Waals surface area contributed by atoms with Gasteiger partial charge >= 0.3 is 6.36 Å². The third-order valence-electron chi connectivity index (χ3n) is 3.27. The van der Waals surface area contributed by atoms with Crippen molar-refractivity contribution in [2.45, 2.75) is 13.0 Å². The molecule has 0 aliphatic rings. The molecule has 2 aromatic carbocycles. The van der Waals surface area contributed by atoms with E-state index in [2.05, 4.69) is 14.9 Å². The van der Waals surface area contributed by atoms with E-state index in [4.69, 9.17) is 16.4 Å². The van der Waals surface area contributed by atoms with E-state index in [-0.39, 0.29) is 17.9 Å². The van der Waals surface area contributed by atoms with Gasteiger partial charge in [-0.2, -0.15) is 0 Å². The number of aromatic nitrogens is 1. The molecule has 3 rings (SSSR count). The van der Waals surface area contributed by atoms with Crippen LogP contribution in [0.1, 0.15) is 11.3 Å². The number of alkyl halides is 3. The molecule has 0 amide bonds. The van der Waals surface area contributed by atoms with Crippen LogP contribution < -0.4 is 4.74 Å². The first-order valence-electron chi connectivity index (χ1n) is 7.61. The van der Waals surface area contributed by atoms with E-state index in [0.717, 1.165) is 16.8 Å². The number of rotatable bonds is 6. The topological polar surface area (TPSA) is 43.7 Å². The summed E-state index contributed by atoms with van der Waals surface area (Å²) in [5.41, 5.74) is 1.73. The number of benzene rings is 2. The van der Waals surface area contributed by atoms with E-state index in [1.807, 2.05) is 17.5 Å². The van der Waals surface area contributed by atoms with Crippen LogP contribution in [0.25, 0.3) is 10.6 Å². The van der Waals surface area contributed by atoms with E-state index in [1.54, 1.807) is 18.2 Å². The van der Waals surface area contributed by atoms with Crippen LogP contribution >= 0.6 is 22.9 Å². The number of oxime groups is 1. The number of hydrogen-bond acceptors (Lipinski definition) is 5. The van der Waals surface area contributed by atoms with Crippen molar-refractivity contribution in [3.8, 4) is 16.3 Å². The highest BCUT2D eigenvalue weighted by molar-refractivity contribution is 7.13. The molecule has 0 atom stereocenters. The van der Waals surface area contributed by atoms with Crippen LogP contribution in [0.15, 0.2) is 59.1 Å². The summed E-state index contributed by atoms with van der Waals surface area (Å²) in [7, 11) is 0. The minimum Gasteiger partial charge on any atom is -0.405 e. The Labute approximate surface area is 161 Å². The Bertz CT molecular complexity index is 927. The van der Waals surface area contributed by atoms with Crippen LogP contribution in [0.4, 0.5) is 13.2 Å². The Morgan fingerprint density at radius 2 is 1.85 bits per heavy atom. The van der Waals surface area contributed by atoms with Gasteiger partial charge in [0.05, 0.1) is 11.9 Å². The minimum absolute atomic E-state index is 0.0862. The molecule has 4 nitrogen and oxygen atoms in total. The van der Waals surface area contributed by atoms with Gasteiger partial charge in [-0.15, -0.1) is 24.5 Å². The van der Waals surface area contributed by atoms with Gasteiger partial charge < -0.3 is 9.57 Å². The average molecular weight is 413 g/mol. The largest absolute Gasteiger partial charge is 0.573 e. The van der Waals surface area contributed by atoms with E-state index in [1.165, 1.54) is 29.5 Å². The number of ether oxygens (including phenoxy) is 1. The molecule has 1 aromatic heterocycles. The highest BCUT2D eigenvalue weighted by Crippen LogP contribution is 2.26. The van der Waals surface area contributed by atoms with Gasteiger partial charge in [0, 0.05) is 21.5 Å². The highest BCUT2D eigenvalue weighted by atomic mass is 35.5. The van der Waals surface area contributed by atoms with Gasteiger partial charge in [0.15, 0.2) is 6.61 Å². The zero-order chi connectivity index (χ0) is 19.3. The van der Waals surface area contributed by atoms with Crippen molar-refractivity contribution in [3.63, 3.8) is 0 Å². The summed E-state index contributed by atoms with van der Waals surface area (Å²) in [4.78, 5) is 9.56. The normalized spacial score (nSPS) is 11.7. The lowest BCUT2D eigenvalue weighted by molar-refractivity contribution is -0.274. The van der Waals surface area contributed by atoms with Crippen molar-refractivity contribution < 1.29 is 22.7 Å². The first kappa shape index (κ1) is 19.2. The third kappa shape index (κ3) is 5.70. The van der Waals surface area contributed by atoms with Crippen LogP contribution in [0, 0.1) is 0 Å². The van der Waals surface area contributed by atoms with E-state index in [9.17, 15) is 13.2 Å². The lowest BCUT2D eigenvalue weighted by atomic mass is 10.2. The third-order valence-corrected chi connectivity index (χ3v) is 4.46. The fourth-order valence-electron chi connectivity index (χ4n) is 2.10. The maximum Gasteiger partial charge on any atom is 0.573 e. The summed E-state index contributed by atoms with van der Waals surface area (Å²) in [5.74, 6) is -0.351. The maximum atomic E-state index is 12.4. The average Bonchev–Trinajstić information content (AvgIpc) is 3.08. The zero-order valence-corrected chi connectivity index (χ0v) is 15.2. The Hall–Kier alpha value is -2.58. The van der Waals surface area contributed by atoms with Crippen LogP contribution in [0.3, 0.4) is 0 Å². The maximum absolute atomic E-state index is 12.4. The molecule has 1 heterocycles. The van der Waals surface area contributed by atoms with Crippen LogP contribution in [-0.4, -0.2) is 17.6 Å². The lowest BCUT2D eigenvalue weighted by Gasteiger charge is -2.10. The molecule has 140 valence electrons. The Morgan fingerprint density at radius 1 is 1.11 bits per heavy atom. The summed E-state index contributed by atoms with van der Waals surface area (Å²) in [6, 6.07) is 12.9. The summed E-state index contributed by atoms with van der Waals surface area (Å²) in [6.45, 7) is 0.0862. The second kappa shape index (κ2) is 8.41. The quantitative estimate of drug-likeness (QED) is 0.373. The van der Waals surface area contributed by atoms with Crippen LogP contribution in [-0.2, 0) is 11.4 Å². The molecule has 0 N–H and O–H groups in total. The van der Waals surface area contributed by atoms with Crippen molar-refractivity contribution in [2.24, 2.45) is 5.16 Å². The predicted octanol–water partition coefficient (Wildman–Crippen LogP) is 5.91. The molecule has 0 saturated heterocycles. The SMILES string of the molecule is FC(F)(F)Oc1ccccc1C=NOCc1csc(-c2ccc(Cl)cc2)n1. The molecule has 27 heavy (non-hydrogen) atoms. The summed E-state index contributed by atoms with van der Waals surface area (Å²) in [6.07, 6.45) is -3.61. The fraction of sp³-hybridized carbons (Fsp3) is 0.111.